The highest BCUT2D eigenvalue weighted by atomic mass is 16.4. The van der Waals surface area contributed by atoms with Crippen LogP contribution in [0.25, 0.3) is 22.2 Å². The Labute approximate surface area is 154 Å². The van der Waals surface area contributed by atoms with E-state index in [0.717, 1.165) is 44.1 Å². The third-order valence-electron chi connectivity index (χ3n) is 4.96. The molecule has 2 heterocycles. The lowest BCUT2D eigenvalue weighted by molar-refractivity contribution is -0.137. The first-order valence-electron chi connectivity index (χ1n) is 9.37. The van der Waals surface area contributed by atoms with Gasteiger partial charge in [-0.3, -0.25) is 9.78 Å². The molecule has 0 aliphatic rings. The van der Waals surface area contributed by atoms with Gasteiger partial charge in [0.25, 0.3) is 0 Å². The van der Waals surface area contributed by atoms with Gasteiger partial charge in [-0.25, -0.2) is 0 Å². The molecule has 0 spiro atoms. The van der Waals surface area contributed by atoms with Crippen molar-refractivity contribution >= 4 is 16.9 Å². The summed E-state index contributed by atoms with van der Waals surface area (Å²) in [4.78, 5) is 14.9. The molecule has 3 rings (SSSR count). The molecule has 136 valence electrons. The lowest BCUT2D eigenvalue weighted by Crippen LogP contribution is -1.96. The smallest absolute Gasteiger partial charge is 0.303 e. The van der Waals surface area contributed by atoms with E-state index in [1.165, 1.54) is 22.2 Å². The molecule has 26 heavy (non-hydrogen) atoms. The minimum absolute atomic E-state index is 0.286. The van der Waals surface area contributed by atoms with Gasteiger partial charge < -0.3 is 9.67 Å². The van der Waals surface area contributed by atoms with Crippen molar-refractivity contribution in [2.24, 2.45) is 7.05 Å². The first kappa shape index (κ1) is 18.2. The molecule has 0 saturated carbocycles. The maximum Gasteiger partial charge on any atom is 0.303 e. The van der Waals surface area contributed by atoms with Gasteiger partial charge >= 0.3 is 5.97 Å². The summed E-state index contributed by atoms with van der Waals surface area (Å²) in [6, 6.07) is 12.7. The van der Waals surface area contributed by atoms with Gasteiger partial charge in [-0.1, -0.05) is 37.5 Å². The normalized spacial score (nSPS) is 11.1. The average molecular weight is 350 g/mol. The second kappa shape index (κ2) is 8.65. The number of nitrogens with zero attached hydrogens (tertiary/aromatic N) is 2. The van der Waals surface area contributed by atoms with Crippen molar-refractivity contribution < 1.29 is 9.90 Å². The average Bonchev–Trinajstić information content (AvgIpc) is 2.94. The van der Waals surface area contributed by atoms with Gasteiger partial charge in [-0.05, 0) is 43.0 Å². The number of aliphatic carboxylic acids is 1. The molecule has 1 N–H and O–H groups in total. The van der Waals surface area contributed by atoms with Crippen LogP contribution in [-0.2, 0) is 18.3 Å². The molecule has 0 atom stereocenters. The molecule has 0 saturated heterocycles. The summed E-state index contributed by atoms with van der Waals surface area (Å²) in [6.45, 7) is 0. The lowest BCUT2D eigenvalue weighted by atomic mass is 10.00. The van der Waals surface area contributed by atoms with Crippen LogP contribution < -0.4 is 0 Å². The molecule has 3 aromatic rings. The SMILES string of the molecule is Cn1c(-c2cccnc2)c(CCCCCCCC(=O)O)c2ccccc21. The summed E-state index contributed by atoms with van der Waals surface area (Å²) >= 11 is 0. The number of carboxylic acid groups (broad SMARTS) is 1. The van der Waals surface area contributed by atoms with Crippen LogP contribution in [-0.4, -0.2) is 20.6 Å². The second-order valence-corrected chi connectivity index (χ2v) is 6.81. The predicted octanol–water partition coefficient (Wildman–Crippen LogP) is 5.21. The van der Waals surface area contributed by atoms with Gasteiger partial charge in [0.05, 0.1) is 5.69 Å². The van der Waals surface area contributed by atoms with Gasteiger partial charge in [-0.2, -0.15) is 0 Å². The standard InChI is InChI=1S/C22H26N2O2/c1-24-20-13-8-7-11-18(20)19(22(24)17-10-9-15-23-16-17)12-5-3-2-4-6-14-21(25)26/h7-11,13,15-16H,2-6,12,14H2,1H3,(H,25,26). The molecular weight excluding hydrogens is 324 g/mol. The van der Waals surface area contributed by atoms with E-state index < -0.39 is 5.97 Å². The zero-order valence-corrected chi connectivity index (χ0v) is 15.3. The number of hydrogen-bond donors (Lipinski definition) is 1. The van der Waals surface area contributed by atoms with Crippen LogP contribution in [0.3, 0.4) is 0 Å². The first-order valence-corrected chi connectivity index (χ1v) is 9.37. The Balaban J connectivity index is 1.74. The van der Waals surface area contributed by atoms with Crippen molar-refractivity contribution in [1.82, 2.24) is 9.55 Å². The van der Waals surface area contributed by atoms with E-state index in [1.807, 2.05) is 18.5 Å². The predicted molar refractivity (Wildman–Crippen MR) is 105 cm³/mol. The van der Waals surface area contributed by atoms with Crippen LogP contribution in [0.15, 0.2) is 48.8 Å². The number of benzene rings is 1. The van der Waals surface area contributed by atoms with Gasteiger partial charge in [0.15, 0.2) is 0 Å². The highest BCUT2D eigenvalue weighted by molar-refractivity contribution is 5.91. The monoisotopic (exact) mass is 350 g/mol. The molecular formula is C22H26N2O2. The van der Waals surface area contributed by atoms with Crippen LogP contribution >= 0.6 is 0 Å². The number of aromatic nitrogens is 2. The topological polar surface area (TPSA) is 55.1 Å². The fourth-order valence-electron chi connectivity index (χ4n) is 3.70. The summed E-state index contributed by atoms with van der Waals surface area (Å²) in [5, 5.41) is 10.0. The van der Waals surface area contributed by atoms with Crippen LogP contribution in [0.1, 0.15) is 44.1 Å². The molecule has 4 nitrogen and oxygen atoms in total. The molecule has 2 aromatic heterocycles. The second-order valence-electron chi connectivity index (χ2n) is 6.81. The number of unbranched alkanes of at least 4 members (excludes halogenated alkanes) is 4. The molecule has 4 heteroatoms. The van der Waals surface area contributed by atoms with Crippen molar-refractivity contribution in [3.05, 3.63) is 54.4 Å². The van der Waals surface area contributed by atoms with E-state index in [4.69, 9.17) is 5.11 Å². The third-order valence-corrected chi connectivity index (χ3v) is 4.96. The lowest BCUT2D eigenvalue weighted by Gasteiger charge is -2.08. The first-order chi connectivity index (χ1) is 12.7. The Bertz CT molecular complexity index is 868. The van der Waals surface area contributed by atoms with Crippen molar-refractivity contribution in [2.75, 3.05) is 0 Å². The number of rotatable bonds is 9. The molecule has 0 bridgehead atoms. The largest absolute Gasteiger partial charge is 0.481 e. The number of carbonyl (C=O) groups is 1. The Morgan fingerprint density at radius 3 is 2.58 bits per heavy atom. The van der Waals surface area contributed by atoms with E-state index in [-0.39, 0.29) is 6.42 Å². The van der Waals surface area contributed by atoms with E-state index in [9.17, 15) is 4.79 Å². The zero-order valence-electron chi connectivity index (χ0n) is 15.3. The minimum atomic E-state index is -0.693. The summed E-state index contributed by atoms with van der Waals surface area (Å²) in [5.41, 5.74) is 5.05. The Hall–Kier alpha value is -2.62. The van der Waals surface area contributed by atoms with Crippen molar-refractivity contribution in [3.63, 3.8) is 0 Å². The Morgan fingerprint density at radius 2 is 1.81 bits per heavy atom. The number of para-hydroxylation sites is 1. The fraction of sp³-hybridized carbons (Fsp3) is 0.364. The number of hydrogen-bond acceptors (Lipinski definition) is 2. The highest BCUT2D eigenvalue weighted by Crippen LogP contribution is 2.33. The zero-order chi connectivity index (χ0) is 18.4. The minimum Gasteiger partial charge on any atom is -0.481 e. The van der Waals surface area contributed by atoms with E-state index in [1.54, 1.807) is 0 Å². The van der Waals surface area contributed by atoms with Crippen LogP contribution in [0.2, 0.25) is 0 Å². The highest BCUT2D eigenvalue weighted by Gasteiger charge is 2.16. The van der Waals surface area contributed by atoms with Crippen molar-refractivity contribution in [3.8, 4) is 11.3 Å². The molecule has 0 radical (unpaired) electrons. The molecule has 0 unspecified atom stereocenters. The van der Waals surface area contributed by atoms with Crippen LogP contribution in [0.5, 0.6) is 0 Å². The molecule has 0 fully saturated rings. The van der Waals surface area contributed by atoms with E-state index in [0.29, 0.717) is 0 Å². The quantitative estimate of drug-likeness (QED) is 0.539. The Kier molecular flexibility index (Phi) is 6.05. The molecule has 1 aromatic carbocycles. The van der Waals surface area contributed by atoms with Crippen LogP contribution in [0.4, 0.5) is 0 Å². The summed E-state index contributed by atoms with van der Waals surface area (Å²) in [5.74, 6) is -0.693. The van der Waals surface area contributed by atoms with Crippen LogP contribution in [0, 0.1) is 0 Å². The Morgan fingerprint density at radius 1 is 1.04 bits per heavy atom. The number of pyridine rings is 1. The van der Waals surface area contributed by atoms with Gasteiger partial charge in [-0.15, -0.1) is 0 Å². The maximum absolute atomic E-state index is 10.6. The van der Waals surface area contributed by atoms with Gasteiger partial charge in [0.2, 0.25) is 0 Å². The molecule has 0 amide bonds. The van der Waals surface area contributed by atoms with Crippen molar-refractivity contribution in [1.29, 1.82) is 0 Å². The van der Waals surface area contributed by atoms with Crippen molar-refractivity contribution in [2.45, 2.75) is 44.9 Å². The van der Waals surface area contributed by atoms with Gasteiger partial charge in [0.1, 0.15) is 0 Å². The maximum atomic E-state index is 10.6. The number of fused-ring (bicyclic) bond motifs is 1. The number of carboxylic acids is 1. The van der Waals surface area contributed by atoms with E-state index in [2.05, 4.69) is 46.9 Å². The summed E-state index contributed by atoms with van der Waals surface area (Å²) in [6.07, 6.45) is 10.2. The molecule has 0 aliphatic heterocycles. The third kappa shape index (κ3) is 4.13. The summed E-state index contributed by atoms with van der Waals surface area (Å²) in [7, 11) is 2.13. The molecule has 0 aliphatic carbocycles. The number of aryl methyl sites for hydroxylation is 2. The van der Waals surface area contributed by atoms with Gasteiger partial charge in [0, 0.05) is 42.3 Å². The fourth-order valence-corrected chi connectivity index (χ4v) is 3.70. The summed E-state index contributed by atoms with van der Waals surface area (Å²) < 4.78 is 2.27. The van der Waals surface area contributed by atoms with E-state index >= 15 is 0 Å².